The second-order valence-electron chi connectivity index (χ2n) is 3.50. The van der Waals surface area contributed by atoms with Gasteiger partial charge in [0.1, 0.15) is 5.58 Å². The van der Waals surface area contributed by atoms with Gasteiger partial charge in [0.25, 0.3) is 0 Å². The highest BCUT2D eigenvalue weighted by Crippen LogP contribution is 2.21. The monoisotopic (exact) mass is 204 g/mol. The van der Waals surface area contributed by atoms with E-state index in [4.69, 9.17) is 9.52 Å². The minimum absolute atomic E-state index is 0.217. The third kappa shape index (κ3) is 2.18. The van der Waals surface area contributed by atoms with Crippen molar-refractivity contribution in [1.29, 1.82) is 0 Å². The maximum atomic E-state index is 10.4. The molecule has 0 unspecified atom stereocenters. The number of furan rings is 1. The van der Waals surface area contributed by atoms with Crippen LogP contribution in [0.15, 0.2) is 34.9 Å². The molecular formula is C12H12O3. The molecule has 2 rings (SSSR count). The van der Waals surface area contributed by atoms with Gasteiger partial charge in [-0.05, 0) is 30.5 Å². The summed E-state index contributed by atoms with van der Waals surface area (Å²) in [4.78, 5) is 10.4. The molecule has 1 heterocycles. The first-order valence-electron chi connectivity index (χ1n) is 4.94. The lowest BCUT2D eigenvalue weighted by atomic mass is 10.0. The van der Waals surface area contributed by atoms with E-state index in [9.17, 15) is 4.79 Å². The predicted octanol–water partition coefficient (Wildman–Crippen LogP) is 2.84. The molecule has 0 fully saturated rings. The second kappa shape index (κ2) is 4.17. The molecule has 15 heavy (non-hydrogen) atoms. The van der Waals surface area contributed by atoms with E-state index < -0.39 is 5.97 Å². The number of carboxylic acids is 1. The van der Waals surface area contributed by atoms with Crippen LogP contribution in [0, 0.1) is 0 Å². The molecule has 0 saturated carbocycles. The lowest BCUT2D eigenvalue weighted by molar-refractivity contribution is -0.137. The highest BCUT2D eigenvalue weighted by molar-refractivity contribution is 5.80. The number of benzene rings is 1. The summed E-state index contributed by atoms with van der Waals surface area (Å²) in [5.74, 6) is -0.741. The number of carboxylic acid groups (broad SMARTS) is 1. The number of aryl methyl sites for hydroxylation is 1. The molecule has 0 amide bonds. The van der Waals surface area contributed by atoms with E-state index in [0.29, 0.717) is 6.42 Å². The molecule has 1 aromatic carbocycles. The summed E-state index contributed by atoms with van der Waals surface area (Å²) in [6, 6.07) is 7.78. The third-order valence-electron chi connectivity index (χ3n) is 2.42. The first-order chi connectivity index (χ1) is 7.27. The van der Waals surface area contributed by atoms with Crippen molar-refractivity contribution in [2.24, 2.45) is 0 Å². The number of hydrogen-bond acceptors (Lipinski definition) is 2. The summed E-state index contributed by atoms with van der Waals surface area (Å²) < 4.78 is 5.27. The van der Waals surface area contributed by atoms with Gasteiger partial charge in [-0.3, -0.25) is 4.79 Å². The number of hydrogen-bond donors (Lipinski definition) is 1. The summed E-state index contributed by atoms with van der Waals surface area (Å²) >= 11 is 0. The fourth-order valence-electron chi connectivity index (χ4n) is 1.70. The molecule has 0 aliphatic carbocycles. The number of rotatable bonds is 4. The van der Waals surface area contributed by atoms with Crippen molar-refractivity contribution in [3.8, 4) is 0 Å². The Kier molecular flexibility index (Phi) is 2.72. The van der Waals surface area contributed by atoms with Gasteiger partial charge in [-0.2, -0.15) is 0 Å². The Morgan fingerprint density at radius 3 is 3.00 bits per heavy atom. The van der Waals surface area contributed by atoms with E-state index in [2.05, 4.69) is 0 Å². The van der Waals surface area contributed by atoms with Crippen LogP contribution >= 0.6 is 0 Å². The van der Waals surface area contributed by atoms with Gasteiger partial charge in [-0.25, -0.2) is 0 Å². The zero-order valence-corrected chi connectivity index (χ0v) is 8.27. The van der Waals surface area contributed by atoms with E-state index in [-0.39, 0.29) is 6.42 Å². The van der Waals surface area contributed by atoms with Gasteiger partial charge < -0.3 is 9.52 Å². The van der Waals surface area contributed by atoms with Crippen LogP contribution in [0.25, 0.3) is 11.0 Å². The van der Waals surface area contributed by atoms with Crippen molar-refractivity contribution in [2.45, 2.75) is 19.3 Å². The normalized spacial score (nSPS) is 10.7. The molecule has 0 bridgehead atoms. The van der Waals surface area contributed by atoms with Gasteiger partial charge >= 0.3 is 5.97 Å². The Morgan fingerprint density at radius 2 is 2.20 bits per heavy atom. The maximum Gasteiger partial charge on any atom is 0.303 e. The van der Waals surface area contributed by atoms with Crippen LogP contribution in [-0.2, 0) is 11.2 Å². The summed E-state index contributed by atoms with van der Waals surface area (Å²) in [7, 11) is 0. The Hall–Kier alpha value is -1.77. The minimum atomic E-state index is -0.741. The molecule has 0 saturated heterocycles. The quantitative estimate of drug-likeness (QED) is 0.833. The SMILES string of the molecule is O=C(O)CCCc1cccc2occc12. The summed E-state index contributed by atoms with van der Waals surface area (Å²) in [6.45, 7) is 0. The molecule has 2 aromatic rings. The topological polar surface area (TPSA) is 50.4 Å². The van der Waals surface area contributed by atoms with Crippen LogP contribution in [-0.4, -0.2) is 11.1 Å². The summed E-state index contributed by atoms with van der Waals surface area (Å²) in [6.07, 6.45) is 3.32. The van der Waals surface area contributed by atoms with Gasteiger partial charge in [0.15, 0.2) is 0 Å². The molecule has 1 N–H and O–H groups in total. The molecule has 0 radical (unpaired) electrons. The highest BCUT2D eigenvalue weighted by Gasteiger charge is 2.04. The molecule has 78 valence electrons. The lowest BCUT2D eigenvalue weighted by Crippen LogP contribution is -1.95. The van der Waals surface area contributed by atoms with E-state index in [0.717, 1.165) is 23.0 Å². The van der Waals surface area contributed by atoms with Gasteiger partial charge in [0, 0.05) is 11.8 Å². The highest BCUT2D eigenvalue weighted by atomic mass is 16.4. The van der Waals surface area contributed by atoms with Gasteiger partial charge in [-0.15, -0.1) is 0 Å². The van der Waals surface area contributed by atoms with Crippen molar-refractivity contribution in [3.05, 3.63) is 36.1 Å². The molecule has 3 nitrogen and oxygen atoms in total. The first kappa shape index (κ1) is 9.77. The number of aliphatic carboxylic acids is 1. The zero-order chi connectivity index (χ0) is 10.7. The van der Waals surface area contributed by atoms with Crippen LogP contribution in [0.3, 0.4) is 0 Å². The van der Waals surface area contributed by atoms with Crippen molar-refractivity contribution < 1.29 is 14.3 Å². The van der Waals surface area contributed by atoms with E-state index in [1.807, 2.05) is 24.3 Å². The van der Waals surface area contributed by atoms with Crippen molar-refractivity contribution in [2.75, 3.05) is 0 Å². The number of carbonyl (C=O) groups is 1. The Balaban J connectivity index is 2.13. The van der Waals surface area contributed by atoms with Crippen LogP contribution in [0.1, 0.15) is 18.4 Å². The van der Waals surface area contributed by atoms with E-state index >= 15 is 0 Å². The van der Waals surface area contributed by atoms with Gasteiger partial charge in [0.2, 0.25) is 0 Å². The van der Waals surface area contributed by atoms with E-state index in [1.165, 1.54) is 0 Å². The molecule has 0 aliphatic rings. The fourth-order valence-corrected chi connectivity index (χ4v) is 1.70. The Bertz CT molecular complexity index is 470. The van der Waals surface area contributed by atoms with E-state index in [1.54, 1.807) is 6.26 Å². The molecule has 3 heteroatoms. The maximum absolute atomic E-state index is 10.4. The van der Waals surface area contributed by atoms with Crippen molar-refractivity contribution in [3.63, 3.8) is 0 Å². The molecule has 0 aliphatic heterocycles. The second-order valence-corrected chi connectivity index (χ2v) is 3.50. The Labute approximate surface area is 87.3 Å². The largest absolute Gasteiger partial charge is 0.481 e. The molecule has 0 spiro atoms. The lowest BCUT2D eigenvalue weighted by Gasteiger charge is -2.00. The van der Waals surface area contributed by atoms with Crippen molar-refractivity contribution in [1.82, 2.24) is 0 Å². The molecule has 1 aromatic heterocycles. The number of fused-ring (bicyclic) bond motifs is 1. The molecule has 0 atom stereocenters. The summed E-state index contributed by atoms with van der Waals surface area (Å²) in [5.41, 5.74) is 2.02. The van der Waals surface area contributed by atoms with Gasteiger partial charge in [0.05, 0.1) is 6.26 Å². The Morgan fingerprint density at radius 1 is 1.33 bits per heavy atom. The van der Waals surface area contributed by atoms with Crippen LogP contribution < -0.4 is 0 Å². The van der Waals surface area contributed by atoms with Crippen LogP contribution in [0.4, 0.5) is 0 Å². The fraction of sp³-hybridized carbons (Fsp3) is 0.250. The van der Waals surface area contributed by atoms with Crippen LogP contribution in [0.2, 0.25) is 0 Å². The zero-order valence-electron chi connectivity index (χ0n) is 8.27. The average molecular weight is 204 g/mol. The average Bonchev–Trinajstić information content (AvgIpc) is 2.65. The van der Waals surface area contributed by atoms with Crippen LogP contribution in [0.5, 0.6) is 0 Å². The van der Waals surface area contributed by atoms with Gasteiger partial charge in [-0.1, -0.05) is 12.1 Å². The third-order valence-corrected chi connectivity index (χ3v) is 2.42. The summed E-state index contributed by atoms with van der Waals surface area (Å²) in [5, 5.41) is 9.63. The molecular weight excluding hydrogens is 192 g/mol. The minimum Gasteiger partial charge on any atom is -0.481 e. The first-order valence-corrected chi connectivity index (χ1v) is 4.94. The van der Waals surface area contributed by atoms with Crippen molar-refractivity contribution >= 4 is 16.9 Å². The standard InChI is InChI=1S/C12H12O3/c13-12(14)6-2-4-9-3-1-5-11-10(9)7-8-15-11/h1,3,5,7-8H,2,4,6H2,(H,13,14). The smallest absolute Gasteiger partial charge is 0.303 e. The predicted molar refractivity (Wildman–Crippen MR) is 56.8 cm³/mol.